The fourth-order valence-electron chi connectivity index (χ4n) is 6.03. The highest BCUT2D eigenvalue weighted by molar-refractivity contribution is 6.24. The fraction of sp³-hybridized carbons (Fsp3) is 0.458. The highest BCUT2D eigenvalue weighted by atomic mass is 16.3. The molecule has 9 heteroatoms. The Morgan fingerprint density at radius 3 is 2.42 bits per heavy atom. The number of phenolic OH excluding ortho intramolecular Hbond substituents is 1. The van der Waals surface area contributed by atoms with Gasteiger partial charge in [-0.1, -0.05) is 0 Å². The molecule has 3 atom stereocenters. The van der Waals surface area contributed by atoms with Gasteiger partial charge in [0.25, 0.3) is 5.91 Å². The van der Waals surface area contributed by atoms with Gasteiger partial charge < -0.3 is 31.1 Å². The standard InChI is InChI=1S/C24H26N2O7/c25-23(32)19-16(28)10-12-8-11-9-13-14(26-6-2-1-3-7-26)4-5-15(27)18(13)20(29)17(11)21(30)24(12,33)22(19)31/h4-5,11-12,27-28,30,33H,1-3,6-10H2,(H2,25,32)/t11-,12+,24+/m1/s1. The Morgan fingerprint density at radius 2 is 1.76 bits per heavy atom. The van der Waals surface area contributed by atoms with Crippen molar-refractivity contribution in [2.75, 3.05) is 18.0 Å². The highest BCUT2D eigenvalue weighted by Gasteiger charge is 2.59. The van der Waals surface area contributed by atoms with Crippen LogP contribution in [0.4, 0.5) is 5.69 Å². The zero-order valence-electron chi connectivity index (χ0n) is 18.0. The molecule has 174 valence electrons. The van der Waals surface area contributed by atoms with Crippen molar-refractivity contribution in [1.82, 2.24) is 0 Å². The number of phenols is 1. The van der Waals surface area contributed by atoms with E-state index in [1.54, 1.807) is 6.07 Å². The van der Waals surface area contributed by atoms with Crippen molar-refractivity contribution in [3.8, 4) is 5.75 Å². The summed E-state index contributed by atoms with van der Waals surface area (Å²) >= 11 is 0. The minimum atomic E-state index is -2.53. The molecule has 1 heterocycles. The Morgan fingerprint density at radius 1 is 1.06 bits per heavy atom. The third-order valence-electron chi connectivity index (χ3n) is 7.62. The summed E-state index contributed by atoms with van der Waals surface area (Å²) in [6.45, 7) is 1.69. The molecule has 1 aliphatic heterocycles. The monoisotopic (exact) mass is 454 g/mol. The number of carbonyl (C=O) groups is 3. The Kier molecular flexibility index (Phi) is 4.79. The first-order chi connectivity index (χ1) is 15.7. The number of nitrogens with two attached hydrogens (primary N) is 1. The molecule has 3 aliphatic carbocycles. The van der Waals surface area contributed by atoms with Gasteiger partial charge in [0.05, 0.1) is 5.56 Å². The molecule has 0 radical (unpaired) electrons. The van der Waals surface area contributed by atoms with E-state index < -0.39 is 52.0 Å². The highest BCUT2D eigenvalue weighted by Crippen LogP contribution is 2.52. The second-order valence-corrected chi connectivity index (χ2v) is 9.42. The molecule has 1 amide bonds. The van der Waals surface area contributed by atoms with Crippen molar-refractivity contribution in [3.63, 3.8) is 0 Å². The minimum absolute atomic E-state index is 0.0645. The van der Waals surface area contributed by atoms with Crippen molar-refractivity contribution in [2.45, 2.75) is 44.1 Å². The Balaban J connectivity index is 1.64. The second-order valence-electron chi connectivity index (χ2n) is 9.42. The molecule has 5 rings (SSSR count). The van der Waals surface area contributed by atoms with Gasteiger partial charge in [-0.15, -0.1) is 0 Å². The maximum Gasteiger partial charge on any atom is 0.255 e. The number of benzene rings is 1. The molecule has 9 nitrogen and oxygen atoms in total. The number of aliphatic hydroxyl groups excluding tert-OH is 2. The van der Waals surface area contributed by atoms with E-state index in [2.05, 4.69) is 4.90 Å². The van der Waals surface area contributed by atoms with Crippen LogP contribution in [0.25, 0.3) is 0 Å². The van der Waals surface area contributed by atoms with Crippen molar-refractivity contribution < 1.29 is 34.8 Å². The molecular formula is C24H26N2O7. The zero-order chi connectivity index (χ0) is 23.7. The first-order valence-electron chi connectivity index (χ1n) is 11.2. The van der Waals surface area contributed by atoms with Gasteiger partial charge in [0, 0.05) is 36.7 Å². The number of fused-ring (bicyclic) bond motifs is 3. The van der Waals surface area contributed by atoms with Gasteiger partial charge in [-0.2, -0.15) is 0 Å². The number of carbonyl (C=O) groups excluding carboxylic acids is 3. The first kappa shape index (κ1) is 21.5. The third-order valence-corrected chi connectivity index (χ3v) is 7.62. The molecule has 0 saturated carbocycles. The summed E-state index contributed by atoms with van der Waals surface area (Å²) in [5.74, 6) is -6.08. The largest absolute Gasteiger partial charge is 0.511 e. The van der Waals surface area contributed by atoms with Crippen LogP contribution in [0.3, 0.4) is 0 Å². The number of allylic oxidation sites excluding steroid dienone is 2. The molecule has 0 bridgehead atoms. The van der Waals surface area contributed by atoms with Gasteiger partial charge >= 0.3 is 0 Å². The fourth-order valence-corrected chi connectivity index (χ4v) is 6.03. The number of aliphatic hydroxyl groups is 3. The minimum Gasteiger partial charge on any atom is -0.511 e. The number of piperidine rings is 1. The van der Waals surface area contributed by atoms with Crippen LogP contribution in [-0.2, 0) is 16.0 Å². The molecule has 33 heavy (non-hydrogen) atoms. The van der Waals surface area contributed by atoms with E-state index in [9.17, 15) is 34.8 Å². The third kappa shape index (κ3) is 2.91. The van der Waals surface area contributed by atoms with E-state index in [-0.39, 0.29) is 29.7 Å². The lowest BCUT2D eigenvalue weighted by Gasteiger charge is -2.46. The number of rotatable bonds is 2. The van der Waals surface area contributed by atoms with E-state index in [4.69, 9.17) is 5.73 Å². The lowest BCUT2D eigenvalue weighted by molar-refractivity contribution is -0.144. The van der Waals surface area contributed by atoms with E-state index in [1.807, 2.05) is 0 Å². The average Bonchev–Trinajstić information content (AvgIpc) is 2.76. The van der Waals surface area contributed by atoms with Crippen molar-refractivity contribution in [3.05, 3.63) is 45.9 Å². The summed E-state index contributed by atoms with van der Waals surface area (Å²) in [6, 6.07) is 3.26. The van der Waals surface area contributed by atoms with Gasteiger partial charge in [-0.05, 0) is 55.7 Å². The van der Waals surface area contributed by atoms with Gasteiger partial charge in [0.2, 0.25) is 5.78 Å². The Labute approximate surface area is 189 Å². The topological polar surface area (TPSA) is 161 Å². The number of hydrogen-bond acceptors (Lipinski definition) is 8. The number of nitrogens with zero attached hydrogens (tertiary/aromatic N) is 1. The normalized spacial score (nSPS) is 29.5. The van der Waals surface area contributed by atoms with Crippen LogP contribution >= 0.6 is 0 Å². The molecule has 0 aromatic heterocycles. The lowest BCUT2D eigenvalue weighted by atomic mass is 9.60. The van der Waals surface area contributed by atoms with Crippen LogP contribution in [0, 0.1) is 11.8 Å². The summed E-state index contributed by atoms with van der Waals surface area (Å²) in [7, 11) is 0. The predicted octanol–water partition coefficient (Wildman–Crippen LogP) is 1.57. The van der Waals surface area contributed by atoms with Crippen molar-refractivity contribution in [2.24, 2.45) is 17.6 Å². The van der Waals surface area contributed by atoms with Gasteiger partial charge in [0.1, 0.15) is 22.8 Å². The second kappa shape index (κ2) is 7.34. The number of hydrogen-bond donors (Lipinski definition) is 5. The van der Waals surface area contributed by atoms with E-state index in [1.165, 1.54) is 6.07 Å². The lowest BCUT2D eigenvalue weighted by Crippen LogP contribution is -2.57. The molecule has 1 fully saturated rings. The zero-order valence-corrected chi connectivity index (χ0v) is 18.0. The van der Waals surface area contributed by atoms with Crippen LogP contribution in [0.5, 0.6) is 5.75 Å². The number of primary amides is 1. The van der Waals surface area contributed by atoms with Crippen LogP contribution in [0.15, 0.2) is 34.8 Å². The summed E-state index contributed by atoms with van der Waals surface area (Å²) in [5, 5.41) is 43.1. The number of ketones is 2. The van der Waals surface area contributed by atoms with Gasteiger partial charge in [-0.25, -0.2) is 0 Å². The van der Waals surface area contributed by atoms with E-state index in [0.717, 1.165) is 38.0 Å². The van der Waals surface area contributed by atoms with Crippen molar-refractivity contribution in [1.29, 1.82) is 0 Å². The maximum atomic E-state index is 13.5. The van der Waals surface area contributed by atoms with Crippen LogP contribution in [0.1, 0.15) is 48.0 Å². The molecular weight excluding hydrogens is 428 g/mol. The number of anilines is 1. The molecule has 1 saturated heterocycles. The Hall–Kier alpha value is -3.33. The number of Topliss-reactive ketones (excluding diaryl/α,β-unsaturated/α-hetero) is 2. The average molecular weight is 454 g/mol. The Bertz CT molecular complexity index is 1160. The first-order valence-corrected chi connectivity index (χ1v) is 11.2. The molecule has 0 spiro atoms. The van der Waals surface area contributed by atoms with Gasteiger partial charge in [0.15, 0.2) is 11.4 Å². The van der Waals surface area contributed by atoms with Gasteiger partial charge in [-0.3, -0.25) is 14.4 Å². The van der Waals surface area contributed by atoms with Crippen molar-refractivity contribution >= 4 is 23.2 Å². The van der Waals surface area contributed by atoms with E-state index in [0.29, 0.717) is 12.0 Å². The number of aromatic hydroxyl groups is 1. The summed E-state index contributed by atoms with van der Waals surface area (Å²) < 4.78 is 0. The quantitative estimate of drug-likeness (QED) is 0.421. The van der Waals surface area contributed by atoms with Crippen LogP contribution in [0.2, 0.25) is 0 Å². The smallest absolute Gasteiger partial charge is 0.255 e. The predicted molar refractivity (Wildman–Crippen MR) is 117 cm³/mol. The van der Waals surface area contributed by atoms with Crippen LogP contribution < -0.4 is 10.6 Å². The molecule has 4 aliphatic rings. The molecule has 0 unspecified atom stereocenters. The molecule has 1 aromatic carbocycles. The summed E-state index contributed by atoms with van der Waals surface area (Å²) in [4.78, 5) is 40.4. The SMILES string of the molecule is NC(=O)C1=C(O)C[C@@H]2C[C@@H]3Cc4c(N5CCCCC5)ccc(O)c4C(=O)C3=C(O)[C@]2(O)C1=O. The number of amides is 1. The summed E-state index contributed by atoms with van der Waals surface area (Å²) in [6.07, 6.45) is 3.44. The maximum absolute atomic E-state index is 13.5. The van der Waals surface area contributed by atoms with Crippen LogP contribution in [-0.4, -0.2) is 56.6 Å². The van der Waals surface area contributed by atoms with E-state index >= 15 is 0 Å². The summed E-state index contributed by atoms with van der Waals surface area (Å²) in [5.41, 5.74) is 3.40. The molecule has 1 aromatic rings. The molecule has 6 N–H and O–H groups in total.